The fourth-order valence-electron chi connectivity index (χ4n) is 2.55. The lowest BCUT2D eigenvalue weighted by atomic mass is 9.70. The van der Waals surface area contributed by atoms with Crippen molar-refractivity contribution in [2.45, 2.75) is 66.7 Å². The quantitative estimate of drug-likeness (QED) is 0.706. The SMILES string of the molecule is CCC(=O)CC(C)(C)CC(C)(C)CCC(=O)O. The first-order valence-electron chi connectivity index (χ1n) is 6.31. The predicted octanol–water partition coefficient (Wildman–Crippen LogP) is 3.66. The van der Waals surface area contributed by atoms with Gasteiger partial charge in [-0.05, 0) is 23.7 Å². The van der Waals surface area contributed by atoms with Gasteiger partial charge in [0.05, 0.1) is 0 Å². The fourth-order valence-corrected chi connectivity index (χ4v) is 2.55. The number of aliphatic carboxylic acids is 1. The van der Waals surface area contributed by atoms with Crippen LogP contribution in [0.2, 0.25) is 0 Å². The molecule has 0 radical (unpaired) electrons. The normalized spacial score (nSPS) is 12.5. The number of hydrogen-bond acceptors (Lipinski definition) is 2. The molecule has 0 unspecified atom stereocenters. The minimum Gasteiger partial charge on any atom is -0.481 e. The molecule has 0 amide bonds. The van der Waals surface area contributed by atoms with Gasteiger partial charge in [-0.25, -0.2) is 0 Å². The molecule has 1 N–H and O–H groups in total. The molecule has 0 aliphatic rings. The van der Waals surface area contributed by atoms with Crippen LogP contribution in [0.15, 0.2) is 0 Å². The summed E-state index contributed by atoms with van der Waals surface area (Å²) in [6, 6.07) is 0. The fraction of sp³-hybridized carbons (Fsp3) is 0.857. The van der Waals surface area contributed by atoms with Crippen LogP contribution >= 0.6 is 0 Å². The summed E-state index contributed by atoms with van der Waals surface area (Å²) < 4.78 is 0. The lowest BCUT2D eigenvalue weighted by molar-refractivity contribution is -0.137. The van der Waals surface area contributed by atoms with Crippen LogP contribution in [0.4, 0.5) is 0 Å². The third-order valence-corrected chi connectivity index (χ3v) is 3.04. The average Bonchev–Trinajstić information content (AvgIpc) is 2.12. The Hall–Kier alpha value is -0.860. The monoisotopic (exact) mass is 242 g/mol. The molecule has 17 heavy (non-hydrogen) atoms. The van der Waals surface area contributed by atoms with Gasteiger partial charge < -0.3 is 5.11 Å². The largest absolute Gasteiger partial charge is 0.481 e. The molecule has 0 saturated carbocycles. The van der Waals surface area contributed by atoms with E-state index in [9.17, 15) is 9.59 Å². The minimum absolute atomic E-state index is 0.0318. The summed E-state index contributed by atoms with van der Waals surface area (Å²) in [5.74, 6) is -0.468. The lowest BCUT2D eigenvalue weighted by Crippen LogP contribution is -2.26. The molecule has 0 aromatic heterocycles. The van der Waals surface area contributed by atoms with E-state index in [2.05, 4.69) is 27.7 Å². The minimum atomic E-state index is -0.750. The summed E-state index contributed by atoms with van der Waals surface area (Å²) in [5.41, 5.74) is -0.0784. The molecule has 0 aromatic carbocycles. The van der Waals surface area contributed by atoms with Crippen molar-refractivity contribution in [1.29, 1.82) is 0 Å². The highest BCUT2D eigenvalue weighted by Crippen LogP contribution is 2.39. The van der Waals surface area contributed by atoms with Crippen LogP contribution in [0.1, 0.15) is 66.7 Å². The van der Waals surface area contributed by atoms with E-state index in [4.69, 9.17) is 5.11 Å². The van der Waals surface area contributed by atoms with E-state index in [1.807, 2.05) is 6.92 Å². The third kappa shape index (κ3) is 7.94. The molecule has 0 saturated heterocycles. The second kappa shape index (κ2) is 6.18. The Morgan fingerprint density at radius 2 is 1.59 bits per heavy atom. The molecule has 0 fully saturated rings. The van der Waals surface area contributed by atoms with Gasteiger partial charge in [0.25, 0.3) is 0 Å². The average molecular weight is 242 g/mol. The van der Waals surface area contributed by atoms with Crippen LogP contribution < -0.4 is 0 Å². The van der Waals surface area contributed by atoms with Crippen LogP contribution in [0.5, 0.6) is 0 Å². The van der Waals surface area contributed by atoms with E-state index in [-0.39, 0.29) is 23.0 Å². The molecule has 0 spiro atoms. The van der Waals surface area contributed by atoms with Crippen LogP contribution in [-0.4, -0.2) is 16.9 Å². The Morgan fingerprint density at radius 3 is 2.00 bits per heavy atom. The number of rotatable bonds is 8. The molecule has 0 aromatic rings. The smallest absolute Gasteiger partial charge is 0.303 e. The molecular weight excluding hydrogens is 216 g/mol. The van der Waals surface area contributed by atoms with Crippen molar-refractivity contribution >= 4 is 11.8 Å². The topological polar surface area (TPSA) is 54.4 Å². The Bertz CT molecular complexity index is 277. The lowest BCUT2D eigenvalue weighted by Gasteiger charge is -2.34. The number of hydrogen-bond donors (Lipinski definition) is 1. The van der Waals surface area contributed by atoms with Gasteiger partial charge in [0.2, 0.25) is 0 Å². The highest BCUT2D eigenvalue weighted by Gasteiger charge is 2.30. The van der Waals surface area contributed by atoms with Gasteiger partial charge in [-0.15, -0.1) is 0 Å². The Balaban J connectivity index is 4.36. The van der Waals surface area contributed by atoms with Crippen LogP contribution in [0, 0.1) is 10.8 Å². The zero-order chi connectivity index (χ0) is 13.7. The molecule has 0 aliphatic carbocycles. The molecule has 0 rings (SSSR count). The van der Waals surface area contributed by atoms with Gasteiger partial charge in [0.1, 0.15) is 5.78 Å². The predicted molar refractivity (Wildman–Crippen MR) is 69.0 cm³/mol. The number of carboxylic acid groups (broad SMARTS) is 1. The number of Topliss-reactive ketones (excluding diaryl/α,β-unsaturated/α-hetero) is 1. The van der Waals surface area contributed by atoms with E-state index >= 15 is 0 Å². The van der Waals surface area contributed by atoms with E-state index in [0.29, 0.717) is 19.3 Å². The maximum Gasteiger partial charge on any atom is 0.303 e. The molecule has 3 nitrogen and oxygen atoms in total. The maximum atomic E-state index is 11.5. The summed E-state index contributed by atoms with van der Waals surface area (Å²) in [7, 11) is 0. The van der Waals surface area contributed by atoms with Crippen LogP contribution in [-0.2, 0) is 9.59 Å². The molecule has 0 bridgehead atoms. The second-order valence-electron chi connectivity index (χ2n) is 6.47. The zero-order valence-electron chi connectivity index (χ0n) is 11.8. The second-order valence-corrected chi connectivity index (χ2v) is 6.47. The van der Waals surface area contributed by atoms with Crippen LogP contribution in [0.3, 0.4) is 0 Å². The van der Waals surface area contributed by atoms with E-state index in [0.717, 1.165) is 6.42 Å². The number of carbonyl (C=O) groups excluding carboxylic acids is 1. The van der Waals surface area contributed by atoms with Gasteiger partial charge in [-0.1, -0.05) is 34.6 Å². The Morgan fingerprint density at radius 1 is 1.06 bits per heavy atom. The first-order chi connectivity index (χ1) is 7.58. The zero-order valence-corrected chi connectivity index (χ0v) is 11.8. The third-order valence-electron chi connectivity index (χ3n) is 3.04. The van der Waals surface area contributed by atoms with Crippen LogP contribution in [0.25, 0.3) is 0 Å². The van der Waals surface area contributed by atoms with Gasteiger partial charge in [-0.2, -0.15) is 0 Å². The molecule has 100 valence electrons. The van der Waals surface area contributed by atoms with Crippen molar-refractivity contribution in [2.24, 2.45) is 10.8 Å². The van der Waals surface area contributed by atoms with Crippen molar-refractivity contribution in [2.75, 3.05) is 0 Å². The summed E-state index contributed by atoms with van der Waals surface area (Å²) in [4.78, 5) is 22.1. The van der Waals surface area contributed by atoms with Crippen molar-refractivity contribution < 1.29 is 14.7 Å². The Labute approximate surface area is 105 Å². The number of carboxylic acids is 1. The molecule has 3 heteroatoms. The first kappa shape index (κ1) is 16.1. The van der Waals surface area contributed by atoms with Crippen molar-refractivity contribution in [1.82, 2.24) is 0 Å². The van der Waals surface area contributed by atoms with Gasteiger partial charge >= 0.3 is 5.97 Å². The van der Waals surface area contributed by atoms with Gasteiger partial charge in [0.15, 0.2) is 0 Å². The molecule has 0 heterocycles. The highest BCUT2D eigenvalue weighted by molar-refractivity contribution is 5.78. The maximum absolute atomic E-state index is 11.5. The number of ketones is 1. The number of carbonyl (C=O) groups is 2. The summed E-state index contributed by atoms with van der Waals surface area (Å²) in [6.45, 7) is 10.2. The Kier molecular flexibility index (Phi) is 5.86. The van der Waals surface area contributed by atoms with Gasteiger partial charge in [-0.3, -0.25) is 9.59 Å². The summed E-state index contributed by atoms with van der Waals surface area (Å²) in [6.07, 6.45) is 2.90. The highest BCUT2D eigenvalue weighted by atomic mass is 16.4. The molecular formula is C14H26O3. The van der Waals surface area contributed by atoms with Crippen molar-refractivity contribution in [3.63, 3.8) is 0 Å². The molecule has 0 atom stereocenters. The molecule has 0 aliphatic heterocycles. The van der Waals surface area contributed by atoms with E-state index in [1.54, 1.807) is 0 Å². The first-order valence-corrected chi connectivity index (χ1v) is 6.31. The van der Waals surface area contributed by atoms with E-state index in [1.165, 1.54) is 0 Å². The van der Waals surface area contributed by atoms with Crippen molar-refractivity contribution in [3.05, 3.63) is 0 Å². The summed E-state index contributed by atoms with van der Waals surface area (Å²) in [5, 5.41) is 8.70. The van der Waals surface area contributed by atoms with E-state index < -0.39 is 5.97 Å². The standard InChI is InChI=1S/C14H26O3/c1-6-11(15)9-14(4,5)10-13(2,3)8-7-12(16)17/h6-10H2,1-5H3,(H,16,17). The van der Waals surface area contributed by atoms with Gasteiger partial charge in [0, 0.05) is 19.3 Å². The van der Waals surface area contributed by atoms with Crippen molar-refractivity contribution in [3.8, 4) is 0 Å². The summed E-state index contributed by atoms with van der Waals surface area (Å²) >= 11 is 0.